The van der Waals surface area contributed by atoms with Gasteiger partial charge in [-0.15, -0.1) is 0 Å². The van der Waals surface area contributed by atoms with E-state index in [0.29, 0.717) is 26.2 Å². The van der Waals surface area contributed by atoms with Gasteiger partial charge in [-0.3, -0.25) is 23.7 Å². The zero-order valence-electron chi connectivity index (χ0n) is 21.6. The molecule has 1 fully saturated rings. The molecule has 2 aliphatic heterocycles. The van der Waals surface area contributed by atoms with E-state index in [9.17, 15) is 32.3 Å². The topological polar surface area (TPSA) is 88.5 Å². The van der Waals surface area contributed by atoms with Gasteiger partial charge in [-0.05, 0) is 60.2 Å². The Morgan fingerprint density at radius 3 is 2.35 bits per heavy atom. The Hall–Kier alpha value is -3.39. The number of imide groups is 1. The van der Waals surface area contributed by atoms with Crippen molar-refractivity contribution in [2.24, 2.45) is 5.92 Å². The van der Waals surface area contributed by atoms with Crippen LogP contribution in [-0.4, -0.2) is 27.5 Å². The van der Waals surface area contributed by atoms with E-state index in [-0.39, 0.29) is 5.69 Å². The van der Waals surface area contributed by atoms with Crippen LogP contribution in [0.4, 0.5) is 24.5 Å². The van der Waals surface area contributed by atoms with Crippen LogP contribution in [0.25, 0.3) is 0 Å². The number of halogens is 5. The van der Waals surface area contributed by atoms with E-state index < -0.39 is 58.0 Å². The van der Waals surface area contributed by atoms with Gasteiger partial charge in [-0.1, -0.05) is 68.8 Å². The summed E-state index contributed by atoms with van der Waals surface area (Å²) >= 11 is 11.4. The van der Waals surface area contributed by atoms with Crippen molar-refractivity contribution in [2.75, 3.05) is 10.2 Å². The van der Waals surface area contributed by atoms with Crippen LogP contribution in [0.5, 0.6) is 0 Å². The zero-order chi connectivity index (χ0) is 30.6. The number of hydrogen-bond acceptors (Lipinski definition) is 6. The fourth-order valence-electron chi connectivity index (χ4n) is 5.25. The monoisotopic (exact) mass is 707 g/mol. The van der Waals surface area contributed by atoms with Gasteiger partial charge in [-0.2, -0.15) is 13.2 Å². The Morgan fingerprint density at radius 1 is 0.977 bits per heavy atom. The fraction of sp³-hybridized carbons (Fsp3) is 0.172. The van der Waals surface area contributed by atoms with Gasteiger partial charge in [-0.25, -0.2) is 4.90 Å². The Bertz CT molecular complexity index is 1830. The first-order valence-electron chi connectivity index (χ1n) is 12.7. The van der Waals surface area contributed by atoms with Crippen molar-refractivity contribution in [1.82, 2.24) is 4.57 Å². The molecule has 0 spiro atoms. The molecule has 2 unspecified atom stereocenters. The lowest BCUT2D eigenvalue weighted by Crippen LogP contribution is -2.33. The van der Waals surface area contributed by atoms with Gasteiger partial charge in [0.05, 0.1) is 22.2 Å². The molecular weight excluding hydrogens is 691 g/mol. The van der Waals surface area contributed by atoms with Gasteiger partial charge in [0.1, 0.15) is 11.8 Å². The summed E-state index contributed by atoms with van der Waals surface area (Å²) in [4.78, 5) is 55.0. The molecule has 2 aliphatic rings. The molecule has 0 radical (unpaired) electrons. The number of hydrogen-bond donors (Lipinski definition) is 1. The summed E-state index contributed by atoms with van der Waals surface area (Å²) in [5.74, 6) is -3.10. The smallest absolute Gasteiger partial charge is 0.325 e. The first-order chi connectivity index (χ1) is 20.4. The minimum atomic E-state index is -4.59. The highest BCUT2D eigenvalue weighted by Gasteiger charge is 2.56. The Morgan fingerprint density at radius 2 is 1.67 bits per heavy atom. The molecule has 7 nitrogen and oxygen atoms in total. The van der Waals surface area contributed by atoms with Crippen molar-refractivity contribution in [1.29, 1.82) is 0 Å². The summed E-state index contributed by atoms with van der Waals surface area (Å²) in [6, 6.07) is 17.7. The van der Waals surface area contributed by atoms with Crippen LogP contribution in [0.15, 0.2) is 87.1 Å². The summed E-state index contributed by atoms with van der Waals surface area (Å²) in [6.07, 6.45) is -4.59. The van der Waals surface area contributed by atoms with Gasteiger partial charge in [0.2, 0.25) is 17.7 Å². The van der Waals surface area contributed by atoms with E-state index in [0.717, 1.165) is 44.6 Å². The second-order valence-electron chi connectivity index (χ2n) is 9.83. The summed E-state index contributed by atoms with van der Waals surface area (Å²) in [5, 5.41) is 2.35. The van der Waals surface area contributed by atoms with Crippen molar-refractivity contribution in [2.45, 2.75) is 28.9 Å². The van der Waals surface area contributed by atoms with Gasteiger partial charge in [0.15, 0.2) is 0 Å². The van der Waals surface area contributed by atoms with Crippen molar-refractivity contribution in [3.63, 3.8) is 0 Å². The molecule has 1 N–H and O–H groups in total. The maximum Gasteiger partial charge on any atom is 0.416 e. The second-order valence-corrected chi connectivity index (χ2v) is 13.3. The van der Waals surface area contributed by atoms with Gasteiger partial charge in [0, 0.05) is 26.0 Å². The van der Waals surface area contributed by atoms with Crippen LogP contribution in [-0.2, 0) is 27.1 Å². The average molecular weight is 709 g/mol. The van der Waals surface area contributed by atoms with Gasteiger partial charge >= 0.3 is 11.0 Å². The average Bonchev–Trinajstić information content (AvgIpc) is 3.40. The quantitative estimate of drug-likeness (QED) is 0.231. The van der Waals surface area contributed by atoms with Crippen LogP contribution in [0, 0.1) is 5.92 Å². The summed E-state index contributed by atoms with van der Waals surface area (Å²) in [6.45, 7) is -0.503. The number of rotatable bonds is 5. The number of carbonyl (C=O) groups is 3. The lowest BCUT2D eigenvalue weighted by molar-refractivity contribution is -0.137. The van der Waals surface area contributed by atoms with Crippen LogP contribution in [0.1, 0.15) is 21.9 Å². The molecule has 0 saturated carbocycles. The molecule has 1 saturated heterocycles. The number of nitrogens with one attached hydrogen (secondary N) is 1. The van der Waals surface area contributed by atoms with Gasteiger partial charge in [0.25, 0.3) is 0 Å². The third-order valence-corrected chi connectivity index (χ3v) is 10.5. The number of aromatic nitrogens is 1. The number of nitrogens with zero attached hydrogens (tertiary/aromatic N) is 2. The highest BCUT2D eigenvalue weighted by Crippen LogP contribution is 2.54. The molecule has 0 bridgehead atoms. The predicted molar refractivity (Wildman–Crippen MR) is 162 cm³/mol. The number of carbonyl (C=O) groups excluding carboxylic acids is 3. The number of fused-ring (bicyclic) bond motifs is 2. The number of thiazole rings is 1. The van der Waals surface area contributed by atoms with E-state index in [4.69, 9.17) is 11.6 Å². The SMILES string of the molecule is O=C(Cn1c2c(sc1=O)[C@H](c1ccc(Cl)cc1)C1C(=O)N(c3ccc(Br)cc3)C(=O)C1S2)Nc1cccc(C(F)(F)F)c1. The van der Waals surface area contributed by atoms with Crippen molar-refractivity contribution < 1.29 is 27.6 Å². The lowest BCUT2D eigenvalue weighted by atomic mass is 9.83. The maximum absolute atomic E-state index is 13.9. The molecule has 4 aromatic rings. The number of amides is 3. The van der Waals surface area contributed by atoms with Crippen LogP contribution in [0.3, 0.4) is 0 Å². The van der Waals surface area contributed by atoms with Crippen LogP contribution < -0.4 is 15.1 Å². The minimum absolute atomic E-state index is 0.0783. The van der Waals surface area contributed by atoms with Gasteiger partial charge < -0.3 is 5.32 Å². The standard InChI is InChI=1S/C29H18BrClF3N3O4S2/c30-16-6-10-19(11-7-16)37-25(39)22-21(14-4-8-17(31)9-5-14)24-27(42-23(22)26(37)40)36(28(41)43-24)13-20(38)35-18-3-1-2-15(12-18)29(32,33)34/h1-12,21-23H,13H2,(H,35,38)/t21-,22?,23?/m1/s1. The molecule has 1 aromatic heterocycles. The summed E-state index contributed by atoms with van der Waals surface area (Å²) in [5.41, 5.74) is 0.0683. The number of benzene rings is 3. The van der Waals surface area contributed by atoms with E-state index in [2.05, 4.69) is 21.2 Å². The molecule has 6 rings (SSSR count). The Labute approximate surface area is 263 Å². The normalized spacial score (nSPS) is 19.7. The lowest BCUT2D eigenvalue weighted by Gasteiger charge is -2.30. The van der Waals surface area contributed by atoms with Crippen molar-refractivity contribution >= 4 is 79.7 Å². The van der Waals surface area contributed by atoms with Crippen molar-refractivity contribution in [3.8, 4) is 0 Å². The summed E-state index contributed by atoms with van der Waals surface area (Å²) < 4.78 is 41.4. The van der Waals surface area contributed by atoms with E-state index >= 15 is 0 Å². The first-order valence-corrected chi connectivity index (χ1v) is 15.5. The molecule has 3 amide bonds. The third-order valence-electron chi connectivity index (χ3n) is 7.14. The molecule has 43 heavy (non-hydrogen) atoms. The van der Waals surface area contributed by atoms with E-state index in [1.165, 1.54) is 16.7 Å². The molecular formula is C29H18BrClF3N3O4S2. The first kappa shape index (κ1) is 29.7. The molecule has 3 heterocycles. The van der Waals surface area contributed by atoms with Crippen LogP contribution in [0.2, 0.25) is 5.02 Å². The highest BCUT2D eigenvalue weighted by molar-refractivity contribution is 9.10. The maximum atomic E-state index is 13.9. The number of alkyl halides is 3. The minimum Gasteiger partial charge on any atom is -0.325 e. The van der Waals surface area contributed by atoms with Crippen molar-refractivity contribution in [3.05, 3.63) is 108 Å². The molecule has 220 valence electrons. The third kappa shape index (κ3) is 5.54. The highest BCUT2D eigenvalue weighted by atomic mass is 79.9. The van der Waals surface area contributed by atoms with Crippen LogP contribution >= 0.6 is 50.6 Å². The number of thioether (sulfide) groups is 1. The second kappa shape index (κ2) is 11.3. The Kier molecular flexibility index (Phi) is 7.78. The zero-order valence-corrected chi connectivity index (χ0v) is 25.6. The van der Waals surface area contributed by atoms with E-state index in [1.54, 1.807) is 48.5 Å². The van der Waals surface area contributed by atoms with E-state index in [1.807, 2.05) is 0 Å². The molecule has 3 atom stereocenters. The fourth-order valence-corrected chi connectivity index (χ4v) is 8.41. The Balaban J connectivity index is 1.37. The molecule has 0 aliphatic carbocycles. The number of anilines is 2. The molecule has 3 aromatic carbocycles. The predicted octanol–water partition coefficient (Wildman–Crippen LogP) is 6.78. The summed E-state index contributed by atoms with van der Waals surface area (Å²) in [7, 11) is 0. The largest absolute Gasteiger partial charge is 0.416 e. The molecule has 14 heteroatoms.